The van der Waals surface area contributed by atoms with E-state index >= 15 is 0 Å². The molecule has 0 bridgehead atoms. The van der Waals surface area contributed by atoms with Gasteiger partial charge in [0.2, 0.25) is 5.91 Å². The van der Waals surface area contributed by atoms with Gasteiger partial charge in [-0.3, -0.25) is 14.7 Å². The molecule has 1 aromatic rings. The summed E-state index contributed by atoms with van der Waals surface area (Å²) in [4.78, 5) is 21.0. The van der Waals surface area contributed by atoms with Gasteiger partial charge in [0.25, 0.3) is 0 Å². The van der Waals surface area contributed by atoms with Crippen molar-refractivity contribution in [1.82, 2.24) is 14.8 Å². The fourth-order valence-corrected chi connectivity index (χ4v) is 2.58. The molecule has 104 valence electrons. The maximum atomic E-state index is 12.3. The molecule has 0 saturated carbocycles. The highest BCUT2D eigenvalue weighted by Gasteiger charge is 2.28. The van der Waals surface area contributed by atoms with Crippen LogP contribution in [0.4, 0.5) is 0 Å². The van der Waals surface area contributed by atoms with Crippen LogP contribution in [0.1, 0.15) is 26.5 Å². The van der Waals surface area contributed by atoms with E-state index < -0.39 is 0 Å². The maximum Gasteiger partial charge on any atom is 0.228 e. The minimum absolute atomic E-state index is 0.189. The van der Waals surface area contributed by atoms with E-state index in [2.05, 4.69) is 30.7 Å². The summed E-state index contributed by atoms with van der Waals surface area (Å²) in [7, 11) is 0. The van der Waals surface area contributed by atoms with Crippen LogP contribution in [0.5, 0.6) is 0 Å². The van der Waals surface area contributed by atoms with Gasteiger partial charge in [0.1, 0.15) is 0 Å². The molecule has 1 aliphatic heterocycles. The number of aromatic nitrogens is 1. The number of rotatable bonds is 3. The molecular weight excluding hydrogens is 238 g/mol. The Morgan fingerprint density at radius 1 is 1.42 bits per heavy atom. The van der Waals surface area contributed by atoms with Crippen molar-refractivity contribution in [2.75, 3.05) is 19.6 Å². The van der Waals surface area contributed by atoms with Gasteiger partial charge in [-0.2, -0.15) is 0 Å². The molecule has 2 heterocycles. The van der Waals surface area contributed by atoms with Crippen LogP contribution < -0.4 is 0 Å². The first kappa shape index (κ1) is 14.0. The number of carbonyl (C=O) groups is 1. The van der Waals surface area contributed by atoms with E-state index in [1.165, 1.54) is 0 Å². The second-order valence-electron chi connectivity index (χ2n) is 5.52. The van der Waals surface area contributed by atoms with Crippen LogP contribution in [0.2, 0.25) is 0 Å². The number of amides is 1. The molecular formula is C15H23N3O. The van der Waals surface area contributed by atoms with Gasteiger partial charge < -0.3 is 4.90 Å². The Hall–Kier alpha value is -1.42. The Morgan fingerprint density at radius 2 is 2.21 bits per heavy atom. The zero-order valence-corrected chi connectivity index (χ0v) is 12.0. The first-order chi connectivity index (χ1) is 9.08. The third-order valence-electron chi connectivity index (χ3n) is 3.77. The number of pyridine rings is 1. The second kappa shape index (κ2) is 6.15. The number of piperazine rings is 1. The zero-order chi connectivity index (χ0) is 13.8. The lowest BCUT2D eigenvalue weighted by atomic mass is 10.1. The molecule has 1 aliphatic rings. The van der Waals surface area contributed by atoms with Gasteiger partial charge in [0.05, 0.1) is 6.42 Å². The van der Waals surface area contributed by atoms with Gasteiger partial charge in [-0.25, -0.2) is 0 Å². The van der Waals surface area contributed by atoms with Gasteiger partial charge >= 0.3 is 0 Å². The smallest absolute Gasteiger partial charge is 0.228 e. The van der Waals surface area contributed by atoms with Crippen molar-refractivity contribution < 1.29 is 4.79 Å². The fraction of sp³-hybridized carbons (Fsp3) is 0.600. The summed E-state index contributed by atoms with van der Waals surface area (Å²) in [6.45, 7) is 9.30. The Morgan fingerprint density at radius 3 is 2.79 bits per heavy atom. The highest BCUT2D eigenvalue weighted by molar-refractivity contribution is 5.78. The van der Waals surface area contributed by atoms with Gasteiger partial charge in [-0.15, -0.1) is 0 Å². The summed E-state index contributed by atoms with van der Waals surface area (Å²) in [5.41, 5.74) is 0.853. The molecule has 19 heavy (non-hydrogen) atoms. The van der Waals surface area contributed by atoms with Gasteiger partial charge in [-0.05, 0) is 32.9 Å². The summed E-state index contributed by atoms with van der Waals surface area (Å²) < 4.78 is 0. The topological polar surface area (TPSA) is 36.4 Å². The molecule has 0 N–H and O–H groups in total. The van der Waals surface area contributed by atoms with Crippen molar-refractivity contribution in [3.8, 4) is 0 Å². The van der Waals surface area contributed by atoms with Crippen molar-refractivity contribution in [1.29, 1.82) is 0 Å². The Kier molecular flexibility index (Phi) is 4.53. The Balaban J connectivity index is 1.94. The summed E-state index contributed by atoms with van der Waals surface area (Å²) in [6, 6.07) is 6.54. The number of hydrogen-bond donors (Lipinski definition) is 0. The monoisotopic (exact) mass is 261 g/mol. The molecule has 1 saturated heterocycles. The average molecular weight is 261 g/mol. The number of carbonyl (C=O) groups excluding carboxylic acids is 1. The van der Waals surface area contributed by atoms with Crippen molar-refractivity contribution in [2.45, 2.75) is 39.3 Å². The standard InChI is InChI=1S/C15H23N3O/c1-12(2)17-8-9-18(13(3)11-17)15(19)10-14-6-4-5-7-16-14/h4-7,12-13H,8-11H2,1-3H3. The first-order valence-electron chi connectivity index (χ1n) is 7.01. The van der Waals surface area contributed by atoms with Crippen LogP contribution in [0.3, 0.4) is 0 Å². The van der Waals surface area contributed by atoms with Crippen molar-refractivity contribution in [2.24, 2.45) is 0 Å². The predicted octanol–water partition coefficient (Wildman–Crippen LogP) is 1.57. The molecule has 1 aromatic heterocycles. The predicted molar refractivity (Wildman–Crippen MR) is 75.8 cm³/mol. The first-order valence-corrected chi connectivity index (χ1v) is 7.01. The molecule has 4 nitrogen and oxygen atoms in total. The quantitative estimate of drug-likeness (QED) is 0.828. The molecule has 0 aliphatic carbocycles. The van der Waals surface area contributed by atoms with Gasteiger partial charge in [0.15, 0.2) is 0 Å². The van der Waals surface area contributed by atoms with Crippen LogP contribution in [-0.4, -0.2) is 52.4 Å². The lowest BCUT2D eigenvalue weighted by molar-refractivity contribution is -0.135. The molecule has 1 atom stereocenters. The Labute approximate surface area is 115 Å². The summed E-state index contributed by atoms with van der Waals surface area (Å²) in [5, 5.41) is 0. The minimum atomic E-state index is 0.189. The van der Waals surface area contributed by atoms with E-state index in [9.17, 15) is 4.79 Å². The number of nitrogens with zero attached hydrogens (tertiary/aromatic N) is 3. The minimum Gasteiger partial charge on any atom is -0.337 e. The van der Waals surface area contributed by atoms with E-state index in [1.807, 2.05) is 23.1 Å². The van der Waals surface area contributed by atoms with Crippen LogP contribution in [0.15, 0.2) is 24.4 Å². The van der Waals surface area contributed by atoms with Crippen molar-refractivity contribution in [3.63, 3.8) is 0 Å². The Bertz CT molecular complexity index is 419. The highest BCUT2D eigenvalue weighted by atomic mass is 16.2. The largest absolute Gasteiger partial charge is 0.337 e. The highest BCUT2D eigenvalue weighted by Crippen LogP contribution is 2.13. The maximum absolute atomic E-state index is 12.3. The zero-order valence-electron chi connectivity index (χ0n) is 12.0. The van der Waals surface area contributed by atoms with Crippen LogP contribution in [0.25, 0.3) is 0 Å². The van der Waals surface area contributed by atoms with E-state index in [1.54, 1.807) is 6.20 Å². The lowest BCUT2D eigenvalue weighted by Crippen LogP contribution is -2.55. The average Bonchev–Trinajstić information content (AvgIpc) is 2.39. The van der Waals surface area contributed by atoms with Gasteiger partial charge in [0, 0.05) is 43.6 Å². The second-order valence-corrected chi connectivity index (χ2v) is 5.52. The molecule has 0 radical (unpaired) electrons. The van der Waals surface area contributed by atoms with Crippen molar-refractivity contribution >= 4 is 5.91 Å². The summed E-state index contributed by atoms with van der Waals surface area (Å²) >= 11 is 0. The van der Waals surface area contributed by atoms with Crippen LogP contribution in [-0.2, 0) is 11.2 Å². The molecule has 1 amide bonds. The van der Waals surface area contributed by atoms with Gasteiger partial charge in [-0.1, -0.05) is 6.07 Å². The molecule has 4 heteroatoms. The van der Waals surface area contributed by atoms with E-state index in [0.29, 0.717) is 12.5 Å². The summed E-state index contributed by atoms with van der Waals surface area (Å²) in [6.07, 6.45) is 2.15. The molecule has 0 aromatic carbocycles. The fourth-order valence-electron chi connectivity index (χ4n) is 2.58. The SMILES string of the molecule is CC(C)N1CCN(C(=O)Cc2ccccn2)C(C)C1. The third-order valence-corrected chi connectivity index (χ3v) is 3.77. The number of hydrogen-bond acceptors (Lipinski definition) is 3. The van der Waals surface area contributed by atoms with Crippen LogP contribution in [0, 0.1) is 0 Å². The molecule has 1 fully saturated rings. The van der Waals surface area contributed by atoms with Crippen LogP contribution >= 0.6 is 0 Å². The molecule has 2 rings (SSSR count). The van der Waals surface area contributed by atoms with E-state index in [-0.39, 0.29) is 11.9 Å². The molecule has 0 spiro atoms. The lowest BCUT2D eigenvalue weighted by Gasteiger charge is -2.41. The van der Waals surface area contributed by atoms with Crippen molar-refractivity contribution in [3.05, 3.63) is 30.1 Å². The van der Waals surface area contributed by atoms with E-state index in [4.69, 9.17) is 0 Å². The normalized spacial score (nSPS) is 20.8. The summed E-state index contributed by atoms with van der Waals surface area (Å²) in [5.74, 6) is 0.189. The third kappa shape index (κ3) is 3.53. The van der Waals surface area contributed by atoms with E-state index in [0.717, 1.165) is 25.3 Å². The molecule has 1 unspecified atom stereocenters.